The summed E-state index contributed by atoms with van der Waals surface area (Å²) >= 11 is 0.844. The molecule has 27 heavy (non-hydrogen) atoms. The summed E-state index contributed by atoms with van der Waals surface area (Å²) in [5.41, 5.74) is 0.939. The SMILES string of the molecule is COc1ccc(/C=C/C=C2/SC(=O)N(CC(=O)N3CCOCC3)C2=O)cc1. The number of hydrogen-bond donors (Lipinski definition) is 0. The van der Waals surface area contributed by atoms with Crippen molar-refractivity contribution in [3.05, 3.63) is 46.9 Å². The molecule has 142 valence electrons. The summed E-state index contributed by atoms with van der Waals surface area (Å²) in [6, 6.07) is 7.45. The lowest BCUT2D eigenvalue weighted by Crippen LogP contribution is -2.46. The number of rotatable bonds is 5. The monoisotopic (exact) mass is 388 g/mol. The Kier molecular flexibility index (Phi) is 6.31. The maximum atomic E-state index is 12.4. The molecule has 0 bridgehead atoms. The van der Waals surface area contributed by atoms with Gasteiger partial charge in [-0.1, -0.05) is 24.3 Å². The third-order valence-corrected chi connectivity index (χ3v) is 5.11. The number of carbonyl (C=O) groups excluding carboxylic acids is 3. The van der Waals surface area contributed by atoms with Gasteiger partial charge in [-0.2, -0.15) is 0 Å². The Bertz CT molecular complexity index is 782. The molecular weight excluding hydrogens is 368 g/mol. The van der Waals surface area contributed by atoms with Gasteiger partial charge in [-0.15, -0.1) is 0 Å². The van der Waals surface area contributed by atoms with Crippen LogP contribution < -0.4 is 4.74 Å². The average Bonchev–Trinajstić information content (AvgIpc) is 2.96. The first-order valence-electron chi connectivity index (χ1n) is 8.50. The van der Waals surface area contributed by atoms with Crippen LogP contribution in [0.4, 0.5) is 4.79 Å². The fourth-order valence-electron chi connectivity index (χ4n) is 2.66. The molecule has 7 nitrogen and oxygen atoms in total. The van der Waals surface area contributed by atoms with Crippen LogP contribution in [0.15, 0.2) is 41.3 Å². The van der Waals surface area contributed by atoms with E-state index in [-0.39, 0.29) is 12.5 Å². The van der Waals surface area contributed by atoms with Gasteiger partial charge in [-0.25, -0.2) is 0 Å². The topological polar surface area (TPSA) is 76.2 Å². The lowest BCUT2D eigenvalue weighted by molar-refractivity contribution is -0.139. The van der Waals surface area contributed by atoms with Crippen molar-refractivity contribution in [1.29, 1.82) is 0 Å². The van der Waals surface area contributed by atoms with Gasteiger partial charge in [-0.05, 0) is 35.5 Å². The Morgan fingerprint density at radius 2 is 1.93 bits per heavy atom. The normalized spacial score (nSPS) is 19.4. The Hall–Kier alpha value is -2.58. The largest absolute Gasteiger partial charge is 0.497 e. The van der Waals surface area contributed by atoms with Crippen molar-refractivity contribution in [3.8, 4) is 5.75 Å². The lowest BCUT2D eigenvalue weighted by Gasteiger charge is -2.27. The van der Waals surface area contributed by atoms with Gasteiger partial charge in [0.1, 0.15) is 12.3 Å². The van der Waals surface area contributed by atoms with Crippen molar-refractivity contribution in [3.63, 3.8) is 0 Å². The number of thioether (sulfide) groups is 1. The Balaban J connectivity index is 1.61. The molecule has 0 atom stereocenters. The Morgan fingerprint density at radius 3 is 2.59 bits per heavy atom. The molecule has 0 unspecified atom stereocenters. The van der Waals surface area contributed by atoms with E-state index in [1.165, 1.54) is 0 Å². The van der Waals surface area contributed by atoms with Gasteiger partial charge in [0.25, 0.3) is 11.1 Å². The molecule has 8 heteroatoms. The van der Waals surface area contributed by atoms with Gasteiger partial charge in [0.05, 0.1) is 25.2 Å². The van der Waals surface area contributed by atoms with E-state index < -0.39 is 11.1 Å². The lowest BCUT2D eigenvalue weighted by atomic mass is 10.2. The second-order valence-corrected chi connectivity index (χ2v) is 6.91. The van der Waals surface area contributed by atoms with Crippen molar-refractivity contribution >= 4 is 34.9 Å². The fourth-order valence-corrected chi connectivity index (χ4v) is 3.45. The summed E-state index contributed by atoms with van der Waals surface area (Å²) in [5, 5.41) is -0.425. The molecule has 0 N–H and O–H groups in total. The molecule has 0 saturated carbocycles. The third-order valence-electron chi connectivity index (χ3n) is 4.18. The molecule has 2 saturated heterocycles. The quantitative estimate of drug-likeness (QED) is 0.720. The minimum absolute atomic E-state index is 0.232. The van der Waals surface area contributed by atoms with Crippen molar-refractivity contribution in [2.24, 2.45) is 0 Å². The van der Waals surface area contributed by atoms with Crippen LogP contribution in [-0.4, -0.2) is 66.8 Å². The molecule has 1 aromatic rings. The van der Waals surface area contributed by atoms with Crippen molar-refractivity contribution in [2.45, 2.75) is 0 Å². The third kappa shape index (κ3) is 4.78. The molecule has 0 radical (unpaired) electrons. The summed E-state index contributed by atoms with van der Waals surface area (Å²) < 4.78 is 10.3. The number of carbonyl (C=O) groups is 3. The molecule has 0 spiro atoms. The van der Waals surface area contributed by atoms with Crippen molar-refractivity contribution < 1.29 is 23.9 Å². The van der Waals surface area contributed by atoms with Gasteiger partial charge in [-0.3, -0.25) is 19.3 Å². The van der Waals surface area contributed by atoms with Gasteiger partial charge >= 0.3 is 0 Å². The molecular formula is C19H20N2O5S. The first kappa shape index (κ1) is 19.2. The predicted molar refractivity (Wildman–Crippen MR) is 102 cm³/mol. The van der Waals surface area contributed by atoms with Gasteiger partial charge in [0.15, 0.2) is 0 Å². The van der Waals surface area contributed by atoms with Crippen LogP contribution in [0.1, 0.15) is 5.56 Å². The van der Waals surface area contributed by atoms with Crippen molar-refractivity contribution in [1.82, 2.24) is 9.80 Å². The van der Waals surface area contributed by atoms with Crippen LogP contribution in [0.25, 0.3) is 6.08 Å². The van der Waals surface area contributed by atoms with Gasteiger partial charge in [0.2, 0.25) is 5.91 Å². The number of nitrogens with zero attached hydrogens (tertiary/aromatic N) is 2. The average molecular weight is 388 g/mol. The smallest absolute Gasteiger partial charge is 0.294 e. The summed E-state index contributed by atoms with van der Waals surface area (Å²) in [7, 11) is 1.60. The summed E-state index contributed by atoms with van der Waals surface area (Å²) in [6.45, 7) is 1.68. The molecule has 3 rings (SSSR count). The number of ether oxygens (including phenoxy) is 2. The summed E-state index contributed by atoms with van der Waals surface area (Å²) in [6.07, 6.45) is 5.13. The Labute approximate surface area is 161 Å². The highest BCUT2D eigenvalue weighted by Crippen LogP contribution is 2.30. The zero-order valence-corrected chi connectivity index (χ0v) is 15.7. The van der Waals surface area contributed by atoms with E-state index in [2.05, 4.69) is 0 Å². The zero-order chi connectivity index (χ0) is 19.2. The number of morpholine rings is 1. The van der Waals surface area contributed by atoms with E-state index in [0.717, 1.165) is 28.0 Å². The Morgan fingerprint density at radius 1 is 1.22 bits per heavy atom. The number of benzene rings is 1. The van der Waals surface area contributed by atoms with Crippen LogP contribution in [0.3, 0.4) is 0 Å². The number of imide groups is 1. The fraction of sp³-hybridized carbons (Fsp3) is 0.316. The molecule has 0 aromatic heterocycles. The highest BCUT2D eigenvalue weighted by atomic mass is 32.2. The molecule has 1 aromatic carbocycles. The molecule has 0 aliphatic carbocycles. The van der Waals surface area contributed by atoms with Crippen molar-refractivity contribution in [2.75, 3.05) is 40.0 Å². The van der Waals surface area contributed by atoms with E-state index >= 15 is 0 Å². The highest BCUT2D eigenvalue weighted by molar-refractivity contribution is 8.18. The number of hydrogen-bond acceptors (Lipinski definition) is 6. The molecule has 3 amide bonds. The number of allylic oxidation sites excluding steroid dienone is 2. The van der Waals surface area contributed by atoms with E-state index in [9.17, 15) is 14.4 Å². The van der Waals surface area contributed by atoms with Crippen LogP contribution in [0, 0.1) is 0 Å². The van der Waals surface area contributed by atoms with Crippen LogP contribution in [0.2, 0.25) is 0 Å². The van der Waals surface area contributed by atoms with Crippen LogP contribution in [-0.2, 0) is 14.3 Å². The first-order valence-corrected chi connectivity index (χ1v) is 9.32. The summed E-state index contributed by atoms with van der Waals surface area (Å²) in [4.78, 5) is 39.7. The standard InChI is InChI=1S/C19H20N2O5S/c1-25-15-7-5-14(6-8-15)3-2-4-16-18(23)21(19(24)27-16)13-17(22)20-9-11-26-12-10-20/h2-8H,9-13H2,1H3/b3-2+,16-4+. The summed E-state index contributed by atoms with van der Waals surface area (Å²) in [5.74, 6) is 0.0832. The van der Waals surface area contributed by atoms with Gasteiger partial charge < -0.3 is 14.4 Å². The number of methoxy groups -OCH3 is 1. The second-order valence-electron chi connectivity index (χ2n) is 5.92. The molecule has 2 aliphatic rings. The first-order chi connectivity index (χ1) is 13.1. The molecule has 2 aliphatic heterocycles. The maximum Gasteiger partial charge on any atom is 0.294 e. The molecule has 2 fully saturated rings. The van der Waals surface area contributed by atoms with Crippen LogP contribution in [0.5, 0.6) is 5.75 Å². The van der Waals surface area contributed by atoms with Crippen LogP contribution >= 0.6 is 11.8 Å². The van der Waals surface area contributed by atoms with E-state index in [4.69, 9.17) is 9.47 Å². The van der Waals surface area contributed by atoms with E-state index in [1.54, 1.807) is 24.2 Å². The number of amides is 3. The maximum absolute atomic E-state index is 12.4. The minimum Gasteiger partial charge on any atom is -0.497 e. The molecule has 2 heterocycles. The van der Waals surface area contributed by atoms with Gasteiger partial charge in [0, 0.05) is 13.1 Å². The predicted octanol–water partition coefficient (Wildman–Crippen LogP) is 2.15. The minimum atomic E-state index is -0.439. The zero-order valence-electron chi connectivity index (χ0n) is 14.9. The van der Waals surface area contributed by atoms with E-state index in [1.807, 2.05) is 30.3 Å². The van der Waals surface area contributed by atoms with E-state index in [0.29, 0.717) is 31.2 Å². The highest BCUT2D eigenvalue weighted by Gasteiger charge is 2.36. The second kappa shape index (κ2) is 8.88.